The molecule has 1 aromatic carbocycles. The van der Waals surface area contributed by atoms with Gasteiger partial charge in [0, 0.05) is 12.3 Å². The summed E-state index contributed by atoms with van der Waals surface area (Å²) in [6.07, 6.45) is 4.76. The minimum atomic E-state index is -0.588. The van der Waals surface area contributed by atoms with Crippen LogP contribution >= 0.6 is 0 Å². The average molecular weight is 316 g/mol. The van der Waals surface area contributed by atoms with Crippen molar-refractivity contribution in [1.29, 1.82) is 0 Å². The quantitative estimate of drug-likeness (QED) is 0.888. The van der Waals surface area contributed by atoms with Crippen LogP contribution in [0.3, 0.4) is 0 Å². The van der Waals surface area contributed by atoms with E-state index in [-0.39, 0.29) is 5.69 Å². The van der Waals surface area contributed by atoms with Crippen LogP contribution in [0.15, 0.2) is 36.7 Å². The summed E-state index contributed by atoms with van der Waals surface area (Å²) in [5.41, 5.74) is 0.414. The molecule has 0 aliphatic heterocycles. The summed E-state index contributed by atoms with van der Waals surface area (Å²) in [6, 6.07) is 6.35. The van der Waals surface area contributed by atoms with Gasteiger partial charge < -0.3 is 14.8 Å². The molecule has 1 aliphatic rings. The minimum absolute atomic E-state index is 0.0777. The molecular formula is C17H17FN2O3. The predicted octanol–water partition coefficient (Wildman–Crippen LogP) is 3.27. The molecule has 0 atom stereocenters. The van der Waals surface area contributed by atoms with E-state index in [2.05, 4.69) is 10.3 Å². The summed E-state index contributed by atoms with van der Waals surface area (Å²) in [6.45, 7) is 0.567. The highest BCUT2D eigenvalue weighted by atomic mass is 19.1. The molecule has 1 amide bonds. The highest BCUT2D eigenvalue weighted by molar-refractivity contribution is 6.06. The fourth-order valence-corrected chi connectivity index (χ4v) is 2.10. The van der Waals surface area contributed by atoms with Crippen molar-refractivity contribution in [1.82, 2.24) is 4.98 Å². The van der Waals surface area contributed by atoms with E-state index in [1.165, 1.54) is 12.3 Å². The first-order valence-electron chi connectivity index (χ1n) is 7.39. The predicted molar refractivity (Wildman–Crippen MR) is 83.4 cm³/mol. The zero-order valence-corrected chi connectivity index (χ0v) is 12.7. The van der Waals surface area contributed by atoms with Gasteiger partial charge in [-0.2, -0.15) is 0 Å². The number of pyridine rings is 1. The van der Waals surface area contributed by atoms with E-state index in [1.54, 1.807) is 25.3 Å². The summed E-state index contributed by atoms with van der Waals surface area (Å²) in [5, 5.41) is 2.53. The van der Waals surface area contributed by atoms with Gasteiger partial charge in [0.05, 0.1) is 31.2 Å². The number of rotatable bonds is 6. The van der Waals surface area contributed by atoms with E-state index < -0.39 is 11.7 Å². The Balaban J connectivity index is 1.81. The van der Waals surface area contributed by atoms with Gasteiger partial charge in [0.25, 0.3) is 5.91 Å². The molecule has 1 saturated carbocycles. The molecule has 0 bridgehead atoms. The fraction of sp³-hybridized carbons (Fsp3) is 0.294. The first-order valence-corrected chi connectivity index (χ1v) is 7.39. The molecular weight excluding hydrogens is 299 g/mol. The molecule has 0 spiro atoms. The lowest BCUT2D eigenvalue weighted by Gasteiger charge is -2.13. The summed E-state index contributed by atoms with van der Waals surface area (Å²) in [5.74, 6) is 0.554. The molecule has 1 fully saturated rings. The maximum absolute atomic E-state index is 13.6. The van der Waals surface area contributed by atoms with Crippen molar-refractivity contribution < 1.29 is 18.7 Å². The van der Waals surface area contributed by atoms with Crippen LogP contribution in [0.2, 0.25) is 0 Å². The number of carbonyl (C=O) groups excluding carboxylic acids is 1. The number of hydrogen-bond donors (Lipinski definition) is 1. The molecule has 6 heteroatoms. The summed E-state index contributed by atoms with van der Waals surface area (Å²) in [4.78, 5) is 16.1. The lowest BCUT2D eigenvalue weighted by Crippen LogP contribution is -2.15. The van der Waals surface area contributed by atoms with Crippen LogP contribution in [-0.2, 0) is 0 Å². The van der Waals surface area contributed by atoms with Crippen LogP contribution in [-0.4, -0.2) is 24.6 Å². The molecule has 0 radical (unpaired) electrons. The lowest BCUT2D eigenvalue weighted by molar-refractivity contribution is 0.102. The van der Waals surface area contributed by atoms with Crippen LogP contribution in [0, 0.1) is 11.7 Å². The van der Waals surface area contributed by atoms with E-state index in [9.17, 15) is 9.18 Å². The molecule has 120 valence electrons. The molecule has 3 rings (SSSR count). The number of carbonyl (C=O) groups is 1. The molecule has 1 N–H and O–H groups in total. The lowest BCUT2D eigenvalue weighted by atomic mass is 10.1. The van der Waals surface area contributed by atoms with Gasteiger partial charge in [-0.3, -0.25) is 9.78 Å². The van der Waals surface area contributed by atoms with Gasteiger partial charge in [-0.05, 0) is 37.0 Å². The van der Waals surface area contributed by atoms with Gasteiger partial charge in [0.1, 0.15) is 11.5 Å². The Morgan fingerprint density at radius 3 is 2.91 bits per heavy atom. The zero-order valence-electron chi connectivity index (χ0n) is 12.7. The van der Waals surface area contributed by atoms with Gasteiger partial charge >= 0.3 is 0 Å². The van der Waals surface area contributed by atoms with Crippen molar-refractivity contribution in [3.8, 4) is 11.5 Å². The van der Waals surface area contributed by atoms with Crippen LogP contribution in [0.4, 0.5) is 10.1 Å². The summed E-state index contributed by atoms with van der Waals surface area (Å²) < 4.78 is 24.5. The van der Waals surface area contributed by atoms with Crippen LogP contribution < -0.4 is 14.8 Å². The Bertz CT molecular complexity index is 717. The molecule has 0 unspecified atom stereocenters. The highest BCUT2D eigenvalue weighted by Gasteiger charge is 2.23. The van der Waals surface area contributed by atoms with Crippen molar-refractivity contribution in [2.75, 3.05) is 19.0 Å². The Labute approximate surface area is 133 Å². The topological polar surface area (TPSA) is 60.5 Å². The Morgan fingerprint density at radius 2 is 2.22 bits per heavy atom. The maximum Gasteiger partial charge on any atom is 0.259 e. The number of amides is 1. The zero-order chi connectivity index (χ0) is 16.2. The summed E-state index contributed by atoms with van der Waals surface area (Å²) >= 11 is 0. The third kappa shape index (κ3) is 3.77. The number of aromatic nitrogens is 1. The van der Waals surface area contributed by atoms with E-state index in [0.717, 1.165) is 19.0 Å². The standard InChI is InChI=1S/C17H17FN2O3/c1-22-12-4-5-13(16(8-12)23-10-11-2-3-11)17(21)20-15-6-7-19-9-14(15)18/h4-9,11H,2-3,10H2,1H3,(H,19,20,21). The van der Waals surface area contributed by atoms with Crippen molar-refractivity contribution in [2.45, 2.75) is 12.8 Å². The third-order valence-corrected chi connectivity index (χ3v) is 3.63. The van der Waals surface area contributed by atoms with E-state index >= 15 is 0 Å². The summed E-state index contributed by atoms with van der Waals surface area (Å²) in [7, 11) is 1.55. The Hall–Kier alpha value is -2.63. The van der Waals surface area contributed by atoms with Crippen LogP contribution in [0.1, 0.15) is 23.2 Å². The van der Waals surface area contributed by atoms with Crippen LogP contribution in [0.5, 0.6) is 11.5 Å². The fourth-order valence-electron chi connectivity index (χ4n) is 2.10. The monoisotopic (exact) mass is 316 g/mol. The second kappa shape index (κ2) is 6.64. The minimum Gasteiger partial charge on any atom is -0.497 e. The number of benzene rings is 1. The number of nitrogens with zero attached hydrogens (tertiary/aromatic N) is 1. The number of anilines is 1. The van der Waals surface area contributed by atoms with Crippen molar-refractivity contribution in [3.63, 3.8) is 0 Å². The maximum atomic E-state index is 13.6. The van der Waals surface area contributed by atoms with E-state index in [4.69, 9.17) is 9.47 Å². The van der Waals surface area contributed by atoms with Crippen molar-refractivity contribution in [3.05, 3.63) is 48.0 Å². The van der Waals surface area contributed by atoms with Crippen LogP contribution in [0.25, 0.3) is 0 Å². The molecule has 1 heterocycles. The molecule has 23 heavy (non-hydrogen) atoms. The number of hydrogen-bond acceptors (Lipinski definition) is 4. The Kier molecular flexibility index (Phi) is 4.41. The van der Waals surface area contributed by atoms with E-state index in [1.807, 2.05) is 0 Å². The number of methoxy groups -OCH3 is 1. The smallest absolute Gasteiger partial charge is 0.259 e. The van der Waals surface area contributed by atoms with Gasteiger partial charge in [-0.25, -0.2) is 4.39 Å². The normalized spacial score (nSPS) is 13.5. The first kappa shape index (κ1) is 15.3. The molecule has 0 saturated heterocycles. The second-order valence-electron chi connectivity index (χ2n) is 5.43. The van der Waals surface area contributed by atoms with Gasteiger partial charge in [0.15, 0.2) is 5.82 Å². The number of nitrogens with one attached hydrogen (secondary N) is 1. The third-order valence-electron chi connectivity index (χ3n) is 3.63. The average Bonchev–Trinajstić information content (AvgIpc) is 3.39. The van der Waals surface area contributed by atoms with Gasteiger partial charge in [-0.1, -0.05) is 0 Å². The highest BCUT2D eigenvalue weighted by Crippen LogP contribution is 2.32. The largest absolute Gasteiger partial charge is 0.497 e. The number of halogens is 1. The molecule has 1 aromatic heterocycles. The SMILES string of the molecule is COc1ccc(C(=O)Nc2ccncc2F)c(OCC2CC2)c1. The van der Waals surface area contributed by atoms with Crippen molar-refractivity contribution in [2.24, 2.45) is 5.92 Å². The molecule has 2 aromatic rings. The first-order chi connectivity index (χ1) is 11.2. The van der Waals surface area contributed by atoms with Gasteiger partial charge in [-0.15, -0.1) is 0 Å². The Morgan fingerprint density at radius 1 is 1.39 bits per heavy atom. The van der Waals surface area contributed by atoms with Gasteiger partial charge in [0.2, 0.25) is 0 Å². The van der Waals surface area contributed by atoms with E-state index in [0.29, 0.717) is 29.6 Å². The van der Waals surface area contributed by atoms with Crippen molar-refractivity contribution >= 4 is 11.6 Å². The number of ether oxygens (including phenoxy) is 2. The molecule has 5 nitrogen and oxygen atoms in total. The second-order valence-corrected chi connectivity index (χ2v) is 5.43. The molecule has 1 aliphatic carbocycles.